The van der Waals surface area contributed by atoms with Gasteiger partial charge in [0.2, 0.25) is 0 Å². The summed E-state index contributed by atoms with van der Waals surface area (Å²) in [5.41, 5.74) is 2.94. The van der Waals surface area contributed by atoms with E-state index in [0.29, 0.717) is 17.5 Å². The molecule has 0 saturated carbocycles. The van der Waals surface area contributed by atoms with Crippen LogP contribution < -0.4 is 5.32 Å². The molecule has 4 rings (SSSR count). The molecule has 1 aliphatic carbocycles. The van der Waals surface area contributed by atoms with Crippen molar-refractivity contribution in [3.8, 4) is 11.5 Å². The van der Waals surface area contributed by atoms with E-state index in [1.54, 1.807) is 19.2 Å². The Morgan fingerprint density at radius 3 is 3.04 bits per heavy atom. The quantitative estimate of drug-likeness (QED) is 0.787. The maximum absolute atomic E-state index is 13.7. The Morgan fingerprint density at radius 1 is 1.29 bits per heavy atom. The van der Waals surface area contributed by atoms with E-state index in [0.717, 1.165) is 30.4 Å². The van der Waals surface area contributed by atoms with Crippen molar-refractivity contribution in [1.82, 2.24) is 15.1 Å². The number of anilines is 1. The van der Waals surface area contributed by atoms with Crippen molar-refractivity contribution in [3.05, 3.63) is 59.3 Å². The number of nitrogens with zero attached hydrogens (tertiary/aromatic N) is 3. The van der Waals surface area contributed by atoms with Crippen LogP contribution in [0.3, 0.4) is 0 Å². The van der Waals surface area contributed by atoms with E-state index in [4.69, 9.17) is 4.52 Å². The van der Waals surface area contributed by atoms with Crippen molar-refractivity contribution in [1.29, 1.82) is 0 Å². The molecule has 6 heteroatoms. The lowest BCUT2D eigenvalue weighted by molar-refractivity contribution is 0.425. The van der Waals surface area contributed by atoms with E-state index in [9.17, 15) is 4.39 Å². The molecule has 0 saturated heterocycles. The van der Waals surface area contributed by atoms with E-state index in [-0.39, 0.29) is 11.9 Å². The fraction of sp³-hybridized carbons (Fsp3) is 0.278. The first-order chi connectivity index (χ1) is 11.7. The summed E-state index contributed by atoms with van der Waals surface area (Å²) in [5, 5.41) is 7.27. The number of nitrogens with one attached hydrogen (secondary N) is 1. The number of benzene rings is 1. The van der Waals surface area contributed by atoms with Gasteiger partial charge in [-0.05, 0) is 61.6 Å². The van der Waals surface area contributed by atoms with Crippen LogP contribution in [0, 0.1) is 12.7 Å². The minimum Gasteiger partial charge on any atom is -0.363 e. The molecule has 2 heterocycles. The summed E-state index contributed by atoms with van der Waals surface area (Å²) in [6.45, 7) is 1.77. The van der Waals surface area contributed by atoms with Crippen LogP contribution >= 0.6 is 0 Å². The van der Waals surface area contributed by atoms with Gasteiger partial charge in [-0.25, -0.2) is 9.37 Å². The van der Waals surface area contributed by atoms with Gasteiger partial charge in [-0.3, -0.25) is 0 Å². The van der Waals surface area contributed by atoms with E-state index < -0.39 is 0 Å². The van der Waals surface area contributed by atoms with Gasteiger partial charge in [-0.1, -0.05) is 11.2 Å². The third-order valence-electron chi connectivity index (χ3n) is 4.30. The fourth-order valence-corrected chi connectivity index (χ4v) is 3.18. The van der Waals surface area contributed by atoms with Gasteiger partial charge >= 0.3 is 0 Å². The highest BCUT2D eigenvalue weighted by Crippen LogP contribution is 2.35. The lowest BCUT2D eigenvalue weighted by Gasteiger charge is -2.27. The van der Waals surface area contributed by atoms with Gasteiger partial charge in [-0.2, -0.15) is 4.98 Å². The molecule has 0 aliphatic heterocycles. The average molecular weight is 324 g/mol. The second-order valence-corrected chi connectivity index (χ2v) is 5.98. The number of rotatable bonds is 3. The van der Waals surface area contributed by atoms with Gasteiger partial charge in [0, 0.05) is 6.20 Å². The molecule has 1 aliphatic rings. The molecular formula is C18H17FN4O. The molecule has 2 aromatic heterocycles. The summed E-state index contributed by atoms with van der Waals surface area (Å²) in [6.07, 6.45) is 4.67. The molecule has 1 atom stereocenters. The summed E-state index contributed by atoms with van der Waals surface area (Å²) in [5.74, 6) is 1.46. The summed E-state index contributed by atoms with van der Waals surface area (Å²) in [7, 11) is 0. The number of aryl methyl sites for hydroxylation is 2. The molecular weight excluding hydrogens is 307 g/mol. The van der Waals surface area contributed by atoms with Gasteiger partial charge < -0.3 is 9.84 Å². The Balaban J connectivity index is 1.69. The zero-order valence-corrected chi connectivity index (χ0v) is 13.3. The lowest BCUT2D eigenvalue weighted by Crippen LogP contribution is -2.18. The van der Waals surface area contributed by atoms with E-state index >= 15 is 0 Å². The molecule has 0 radical (unpaired) electrons. The lowest BCUT2D eigenvalue weighted by atomic mass is 9.87. The molecule has 1 unspecified atom stereocenters. The Morgan fingerprint density at radius 2 is 2.21 bits per heavy atom. The predicted octanol–water partition coefficient (Wildman–Crippen LogP) is 4.07. The van der Waals surface area contributed by atoms with Crippen LogP contribution in [0.2, 0.25) is 0 Å². The van der Waals surface area contributed by atoms with Gasteiger partial charge in [0.1, 0.15) is 11.6 Å². The van der Waals surface area contributed by atoms with Crippen molar-refractivity contribution in [3.63, 3.8) is 0 Å². The average Bonchev–Trinajstić information content (AvgIpc) is 3.02. The number of aromatic nitrogens is 3. The Kier molecular flexibility index (Phi) is 3.72. The zero-order valence-electron chi connectivity index (χ0n) is 13.3. The topological polar surface area (TPSA) is 63.8 Å². The van der Waals surface area contributed by atoms with E-state index in [1.165, 1.54) is 11.6 Å². The van der Waals surface area contributed by atoms with Gasteiger partial charge in [0.05, 0.1) is 11.6 Å². The van der Waals surface area contributed by atoms with Crippen LogP contribution in [0.4, 0.5) is 10.2 Å². The predicted molar refractivity (Wildman–Crippen MR) is 88.0 cm³/mol. The van der Waals surface area contributed by atoms with Crippen LogP contribution in [0.25, 0.3) is 11.5 Å². The normalized spacial score (nSPS) is 16.7. The Bertz CT molecular complexity index is 877. The Labute approximate surface area is 138 Å². The van der Waals surface area contributed by atoms with Crippen LogP contribution in [0.1, 0.15) is 35.8 Å². The van der Waals surface area contributed by atoms with Crippen molar-refractivity contribution in [2.45, 2.75) is 32.2 Å². The highest BCUT2D eigenvalue weighted by molar-refractivity contribution is 5.69. The Hall–Kier alpha value is -2.76. The number of halogens is 1. The molecule has 24 heavy (non-hydrogen) atoms. The van der Waals surface area contributed by atoms with Crippen LogP contribution in [-0.4, -0.2) is 15.1 Å². The summed E-state index contributed by atoms with van der Waals surface area (Å²) < 4.78 is 18.9. The smallest absolute Gasteiger partial charge is 0.261 e. The third-order valence-corrected chi connectivity index (χ3v) is 4.30. The van der Waals surface area contributed by atoms with Crippen LogP contribution in [0.5, 0.6) is 0 Å². The highest BCUT2D eigenvalue weighted by atomic mass is 19.1. The van der Waals surface area contributed by atoms with Crippen LogP contribution in [-0.2, 0) is 6.42 Å². The fourth-order valence-electron chi connectivity index (χ4n) is 3.18. The van der Waals surface area contributed by atoms with Gasteiger partial charge in [0.15, 0.2) is 5.82 Å². The van der Waals surface area contributed by atoms with Crippen molar-refractivity contribution >= 4 is 5.82 Å². The molecule has 0 fully saturated rings. The minimum absolute atomic E-state index is 0.0159. The largest absolute Gasteiger partial charge is 0.363 e. The SMILES string of the molecule is Cc1noc(-c2cccnc2NC2CCCc3ccc(F)cc32)n1. The standard InChI is InChI=1S/C18H17FN4O/c1-11-21-18(24-23-11)14-5-3-9-20-17(14)22-16-6-2-4-12-7-8-13(19)10-15(12)16/h3,5,7-10,16H,2,4,6H2,1H3,(H,20,22). The molecule has 0 spiro atoms. The maximum Gasteiger partial charge on any atom is 0.261 e. The van der Waals surface area contributed by atoms with E-state index in [1.807, 2.05) is 18.2 Å². The summed E-state index contributed by atoms with van der Waals surface area (Å²) >= 11 is 0. The molecule has 3 aromatic rings. The second kappa shape index (κ2) is 6.03. The maximum atomic E-state index is 13.7. The molecule has 1 aromatic carbocycles. The highest BCUT2D eigenvalue weighted by Gasteiger charge is 2.23. The molecule has 0 amide bonds. The first-order valence-corrected chi connectivity index (χ1v) is 8.01. The molecule has 122 valence electrons. The number of fused-ring (bicyclic) bond motifs is 1. The van der Waals surface area contributed by atoms with Crippen LogP contribution in [0.15, 0.2) is 41.1 Å². The third kappa shape index (κ3) is 2.75. The van der Waals surface area contributed by atoms with Crippen molar-refractivity contribution < 1.29 is 8.91 Å². The number of hydrogen-bond donors (Lipinski definition) is 1. The molecule has 1 N–H and O–H groups in total. The van der Waals surface area contributed by atoms with Gasteiger partial charge in [-0.15, -0.1) is 0 Å². The minimum atomic E-state index is -0.212. The first kappa shape index (κ1) is 14.8. The van der Waals surface area contributed by atoms with E-state index in [2.05, 4.69) is 20.4 Å². The van der Waals surface area contributed by atoms with Gasteiger partial charge in [0.25, 0.3) is 5.89 Å². The summed E-state index contributed by atoms with van der Waals surface area (Å²) in [6, 6.07) is 8.74. The zero-order chi connectivity index (χ0) is 16.5. The molecule has 5 nitrogen and oxygen atoms in total. The first-order valence-electron chi connectivity index (χ1n) is 8.01. The number of pyridine rings is 1. The summed E-state index contributed by atoms with van der Waals surface area (Å²) in [4.78, 5) is 8.70. The van der Waals surface area contributed by atoms with Crippen molar-refractivity contribution in [2.75, 3.05) is 5.32 Å². The number of hydrogen-bond acceptors (Lipinski definition) is 5. The monoisotopic (exact) mass is 324 g/mol. The van der Waals surface area contributed by atoms with Crippen molar-refractivity contribution in [2.24, 2.45) is 0 Å². The second-order valence-electron chi connectivity index (χ2n) is 5.98. The molecule has 0 bridgehead atoms.